The summed E-state index contributed by atoms with van der Waals surface area (Å²) in [6.45, 7) is 5.31. The fourth-order valence-electron chi connectivity index (χ4n) is 2.11. The van der Waals surface area contributed by atoms with Crippen molar-refractivity contribution in [1.29, 1.82) is 0 Å². The van der Waals surface area contributed by atoms with Crippen molar-refractivity contribution in [3.63, 3.8) is 0 Å². The van der Waals surface area contributed by atoms with Gasteiger partial charge in [-0.25, -0.2) is 4.98 Å². The smallest absolute Gasteiger partial charge is 0.262 e. The molecule has 0 unspecified atom stereocenters. The van der Waals surface area contributed by atoms with Gasteiger partial charge in [-0.15, -0.1) is 11.3 Å². The van der Waals surface area contributed by atoms with Gasteiger partial charge in [-0.2, -0.15) is 0 Å². The Morgan fingerprint density at radius 1 is 1.42 bits per heavy atom. The molecule has 2 heterocycles. The van der Waals surface area contributed by atoms with E-state index in [1.807, 2.05) is 6.07 Å². The lowest BCUT2D eigenvalue weighted by molar-refractivity contribution is 0.185. The van der Waals surface area contributed by atoms with E-state index in [-0.39, 0.29) is 5.56 Å². The third-order valence-corrected chi connectivity index (χ3v) is 4.30. The highest BCUT2D eigenvalue weighted by Crippen LogP contribution is 2.22. The average Bonchev–Trinajstić information content (AvgIpc) is 2.82. The van der Waals surface area contributed by atoms with Crippen molar-refractivity contribution in [1.82, 2.24) is 9.55 Å². The summed E-state index contributed by atoms with van der Waals surface area (Å²) in [7, 11) is 1.65. The van der Waals surface area contributed by atoms with Crippen LogP contribution in [0.3, 0.4) is 0 Å². The van der Waals surface area contributed by atoms with Gasteiger partial charge in [0.25, 0.3) is 5.56 Å². The van der Waals surface area contributed by atoms with Gasteiger partial charge in [0.2, 0.25) is 0 Å². The summed E-state index contributed by atoms with van der Waals surface area (Å²) in [5.41, 5.74) is 0.0708. The van der Waals surface area contributed by atoms with Gasteiger partial charge < -0.3 is 4.74 Å². The van der Waals surface area contributed by atoms with E-state index in [0.29, 0.717) is 13.2 Å². The second-order valence-corrected chi connectivity index (χ2v) is 5.63. The molecule has 0 aliphatic carbocycles. The Morgan fingerprint density at radius 3 is 2.84 bits per heavy atom. The Labute approximate surface area is 117 Å². The van der Waals surface area contributed by atoms with Crippen molar-refractivity contribution in [3.8, 4) is 0 Å². The van der Waals surface area contributed by atoms with Crippen LogP contribution in [-0.4, -0.2) is 23.3 Å². The van der Waals surface area contributed by atoms with Crippen LogP contribution in [-0.2, 0) is 24.1 Å². The molecule has 0 fully saturated rings. The Hall–Kier alpha value is -1.20. The minimum Gasteiger partial charge on any atom is -0.383 e. The van der Waals surface area contributed by atoms with Gasteiger partial charge in [0, 0.05) is 18.4 Å². The van der Waals surface area contributed by atoms with Crippen LogP contribution in [0, 0.1) is 0 Å². The second kappa shape index (κ2) is 6.30. The standard InChI is InChI=1S/C14H20N2O2S/c1-4-6-12-15-13-11(9-10(5-2)19-13)14(17)16(12)7-8-18-3/h9H,4-8H2,1-3H3. The van der Waals surface area contributed by atoms with Crippen LogP contribution in [0.1, 0.15) is 31.0 Å². The summed E-state index contributed by atoms with van der Waals surface area (Å²) in [6.07, 6.45) is 2.76. The zero-order chi connectivity index (χ0) is 13.8. The van der Waals surface area contributed by atoms with E-state index in [1.54, 1.807) is 23.0 Å². The average molecular weight is 280 g/mol. The molecule has 0 aliphatic rings. The van der Waals surface area contributed by atoms with Crippen molar-refractivity contribution in [2.75, 3.05) is 13.7 Å². The van der Waals surface area contributed by atoms with E-state index in [9.17, 15) is 4.79 Å². The fraction of sp³-hybridized carbons (Fsp3) is 0.571. The quantitative estimate of drug-likeness (QED) is 0.817. The highest BCUT2D eigenvalue weighted by Gasteiger charge is 2.13. The molecule has 0 atom stereocenters. The predicted octanol–water partition coefficient (Wildman–Crippen LogP) is 2.62. The zero-order valence-electron chi connectivity index (χ0n) is 11.7. The number of hydrogen-bond acceptors (Lipinski definition) is 4. The maximum atomic E-state index is 12.5. The molecule has 2 aromatic heterocycles. The molecule has 0 radical (unpaired) electrons. The minimum atomic E-state index is 0.0708. The van der Waals surface area contributed by atoms with Gasteiger partial charge >= 0.3 is 0 Å². The highest BCUT2D eigenvalue weighted by molar-refractivity contribution is 7.18. The Balaban J connectivity index is 2.57. The molecule has 2 aromatic rings. The first-order valence-electron chi connectivity index (χ1n) is 6.72. The van der Waals surface area contributed by atoms with Crippen LogP contribution in [0.5, 0.6) is 0 Å². The van der Waals surface area contributed by atoms with Crippen LogP contribution >= 0.6 is 11.3 Å². The van der Waals surface area contributed by atoms with Gasteiger partial charge in [0.15, 0.2) is 0 Å². The highest BCUT2D eigenvalue weighted by atomic mass is 32.1. The number of ether oxygens (including phenoxy) is 1. The molecular formula is C14H20N2O2S. The van der Waals surface area contributed by atoms with Crippen LogP contribution in [0.25, 0.3) is 10.2 Å². The van der Waals surface area contributed by atoms with E-state index >= 15 is 0 Å². The fourth-order valence-corrected chi connectivity index (χ4v) is 3.09. The van der Waals surface area contributed by atoms with Crippen LogP contribution < -0.4 is 5.56 Å². The summed E-state index contributed by atoms with van der Waals surface area (Å²) in [5, 5.41) is 0.748. The number of methoxy groups -OCH3 is 1. The first-order chi connectivity index (χ1) is 9.21. The maximum absolute atomic E-state index is 12.5. The van der Waals surface area contributed by atoms with Crippen LogP contribution in [0.4, 0.5) is 0 Å². The molecule has 0 saturated heterocycles. The molecule has 4 nitrogen and oxygen atoms in total. The Morgan fingerprint density at radius 2 is 2.21 bits per heavy atom. The minimum absolute atomic E-state index is 0.0708. The lowest BCUT2D eigenvalue weighted by Crippen LogP contribution is -2.26. The Bertz CT molecular complexity index is 616. The van der Waals surface area contributed by atoms with E-state index < -0.39 is 0 Å². The van der Waals surface area contributed by atoms with E-state index in [0.717, 1.165) is 35.3 Å². The van der Waals surface area contributed by atoms with Gasteiger partial charge in [-0.05, 0) is 18.9 Å². The normalized spacial score (nSPS) is 11.3. The largest absolute Gasteiger partial charge is 0.383 e. The van der Waals surface area contributed by atoms with Crippen molar-refractivity contribution < 1.29 is 4.74 Å². The molecule has 0 spiro atoms. The Kier molecular flexibility index (Phi) is 4.71. The van der Waals surface area contributed by atoms with E-state index in [4.69, 9.17) is 4.74 Å². The van der Waals surface area contributed by atoms with Crippen LogP contribution in [0.2, 0.25) is 0 Å². The number of thiophene rings is 1. The summed E-state index contributed by atoms with van der Waals surface area (Å²) in [5.74, 6) is 0.876. The predicted molar refractivity (Wildman–Crippen MR) is 79.1 cm³/mol. The van der Waals surface area contributed by atoms with Crippen molar-refractivity contribution >= 4 is 21.6 Å². The molecule has 0 amide bonds. The van der Waals surface area contributed by atoms with Crippen molar-refractivity contribution in [2.24, 2.45) is 0 Å². The molecule has 0 aliphatic heterocycles. The second-order valence-electron chi connectivity index (χ2n) is 4.51. The number of hydrogen-bond donors (Lipinski definition) is 0. The number of rotatable bonds is 6. The first-order valence-corrected chi connectivity index (χ1v) is 7.54. The summed E-state index contributed by atoms with van der Waals surface area (Å²) in [6, 6.07) is 1.98. The van der Waals surface area contributed by atoms with Gasteiger partial charge in [0.05, 0.1) is 18.5 Å². The molecule has 0 aromatic carbocycles. The zero-order valence-corrected chi connectivity index (χ0v) is 12.5. The number of fused-ring (bicyclic) bond motifs is 1. The third-order valence-electron chi connectivity index (χ3n) is 3.12. The lowest BCUT2D eigenvalue weighted by atomic mass is 10.3. The number of aryl methyl sites for hydroxylation is 2. The van der Waals surface area contributed by atoms with Gasteiger partial charge in [0.1, 0.15) is 10.7 Å². The van der Waals surface area contributed by atoms with Gasteiger partial charge in [-0.1, -0.05) is 13.8 Å². The number of aromatic nitrogens is 2. The summed E-state index contributed by atoms with van der Waals surface area (Å²) < 4.78 is 6.85. The maximum Gasteiger partial charge on any atom is 0.262 e. The first kappa shape index (κ1) is 14.2. The molecule has 104 valence electrons. The monoisotopic (exact) mass is 280 g/mol. The molecule has 0 saturated carbocycles. The number of nitrogens with zero attached hydrogens (tertiary/aromatic N) is 2. The SMILES string of the molecule is CCCc1nc2sc(CC)cc2c(=O)n1CCOC. The van der Waals surface area contributed by atoms with E-state index in [1.165, 1.54) is 4.88 Å². The van der Waals surface area contributed by atoms with Crippen molar-refractivity contribution in [3.05, 3.63) is 27.1 Å². The van der Waals surface area contributed by atoms with Crippen LogP contribution in [0.15, 0.2) is 10.9 Å². The third kappa shape index (κ3) is 2.87. The summed E-state index contributed by atoms with van der Waals surface area (Å²) in [4.78, 5) is 19.3. The van der Waals surface area contributed by atoms with Crippen molar-refractivity contribution in [2.45, 2.75) is 39.7 Å². The lowest BCUT2D eigenvalue weighted by Gasteiger charge is -2.11. The molecular weight excluding hydrogens is 260 g/mol. The topological polar surface area (TPSA) is 44.1 Å². The molecule has 2 rings (SSSR count). The molecule has 0 bridgehead atoms. The van der Waals surface area contributed by atoms with Gasteiger partial charge in [-0.3, -0.25) is 9.36 Å². The molecule has 5 heteroatoms. The molecule has 0 N–H and O–H groups in total. The summed E-state index contributed by atoms with van der Waals surface area (Å²) >= 11 is 1.63. The molecule has 19 heavy (non-hydrogen) atoms. The van der Waals surface area contributed by atoms with E-state index in [2.05, 4.69) is 18.8 Å².